The lowest BCUT2D eigenvalue weighted by atomic mass is 9.49. The third-order valence-corrected chi connectivity index (χ3v) is 13.7. The van der Waals surface area contributed by atoms with E-state index in [1.165, 1.54) is 70.8 Å². The molecule has 0 radical (unpaired) electrons. The van der Waals surface area contributed by atoms with E-state index in [0.717, 1.165) is 45.9 Å². The third-order valence-electron chi connectivity index (χ3n) is 13.7. The fraction of sp³-hybridized carbons (Fsp3) is 0.244. The first-order chi connectivity index (χ1) is 23.2. The van der Waals surface area contributed by atoms with Gasteiger partial charge in [-0.15, -0.1) is 0 Å². The predicted octanol–water partition coefficient (Wildman–Crippen LogP) is 11.9. The summed E-state index contributed by atoms with van der Waals surface area (Å²) in [6.07, 6.45) is 7.25. The molecule has 5 aliphatic carbocycles. The lowest BCUT2D eigenvalue weighted by Crippen LogP contribution is -2.50. The predicted molar refractivity (Wildman–Crippen MR) is 192 cm³/mol. The zero-order valence-corrected chi connectivity index (χ0v) is 26.3. The molecule has 3 bridgehead atoms. The summed E-state index contributed by atoms with van der Waals surface area (Å²) in [6, 6.07) is 47.8. The molecule has 0 amide bonds. The summed E-state index contributed by atoms with van der Waals surface area (Å²) >= 11 is 0. The highest BCUT2D eigenvalue weighted by molar-refractivity contribution is 6.06. The molecule has 7 aromatic rings. The van der Waals surface area contributed by atoms with Crippen molar-refractivity contribution in [2.24, 2.45) is 29.1 Å². The second-order valence-electron chi connectivity index (χ2n) is 15.5. The summed E-state index contributed by atoms with van der Waals surface area (Å²) in [5.74, 6) is 3.43. The van der Waals surface area contributed by atoms with E-state index < -0.39 is 0 Å². The number of fused-ring (bicyclic) bond motifs is 13. The Bertz CT molecular complexity index is 2470. The van der Waals surface area contributed by atoms with Crippen molar-refractivity contribution in [1.29, 1.82) is 0 Å². The number of anilines is 3. The standard InChI is InChI=1S/C45H35NO/c1-2-8-29-21-32(14-13-28(29)7-1)46(33-16-18-42-38(23-33)37-10-4-6-12-41(37)47-42)34-15-17-36-35-9-3-5-11-39(35)45(40(36)24-34)31-20-27-19-30-22-43(45)44(30,25-27)26-31/h1-18,21,23-24,27,30-31,43H,19-20,22,25-26H2. The minimum Gasteiger partial charge on any atom is -0.456 e. The Hall–Kier alpha value is -4.82. The van der Waals surface area contributed by atoms with Crippen LogP contribution >= 0.6 is 0 Å². The highest BCUT2D eigenvalue weighted by atomic mass is 16.3. The molecule has 47 heavy (non-hydrogen) atoms. The SMILES string of the molecule is c1ccc2c(c1)-c1ccc(N(c3ccc4ccccc4c3)c3ccc4oc5ccccc5c4c3)cc1C21C2CC3CC4CC1C4(C3)C2. The largest absolute Gasteiger partial charge is 0.456 e. The first kappa shape index (κ1) is 25.3. The lowest BCUT2D eigenvalue weighted by Gasteiger charge is -2.54. The van der Waals surface area contributed by atoms with Crippen LogP contribution in [-0.4, -0.2) is 0 Å². The molecule has 226 valence electrons. The van der Waals surface area contributed by atoms with Crippen LogP contribution in [0, 0.1) is 29.1 Å². The Morgan fingerprint density at radius 3 is 2.23 bits per heavy atom. The molecule has 6 unspecified atom stereocenters. The maximum atomic E-state index is 6.28. The van der Waals surface area contributed by atoms with E-state index in [9.17, 15) is 0 Å². The van der Waals surface area contributed by atoms with Crippen molar-refractivity contribution in [2.75, 3.05) is 4.90 Å². The molecule has 1 heterocycles. The van der Waals surface area contributed by atoms with Gasteiger partial charge in [-0.05, 0) is 143 Å². The van der Waals surface area contributed by atoms with Crippen molar-refractivity contribution < 1.29 is 4.42 Å². The molecule has 2 nitrogen and oxygen atoms in total. The topological polar surface area (TPSA) is 16.4 Å². The zero-order chi connectivity index (χ0) is 30.5. The van der Waals surface area contributed by atoms with Gasteiger partial charge in [-0.25, -0.2) is 0 Å². The minimum atomic E-state index is 0.146. The number of benzene rings is 6. The lowest BCUT2D eigenvalue weighted by molar-refractivity contribution is -0.0193. The number of rotatable bonds is 3. The summed E-state index contributed by atoms with van der Waals surface area (Å²) in [6.45, 7) is 0. The molecule has 6 aromatic carbocycles. The molecular weight excluding hydrogens is 571 g/mol. The van der Waals surface area contributed by atoms with Crippen LogP contribution in [0.2, 0.25) is 0 Å². The molecule has 4 fully saturated rings. The molecule has 4 saturated carbocycles. The number of nitrogens with zero attached hydrogens (tertiary/aromatic N) is 1. The molecule has 12 rings (SSSR count). The second kappa shape index (κ2) is 8.55. The Labute approximate surface area is 274 Å². The highest BCUT2D eigenvalue weighted by Crippen LogP contribution is 2.83. The Morgan fingerprint density at radius 2 is 1.26 bits per heavy atom. The van der Waals surface area contributed by atoms with Gasteiger partial charge in [0, 0.05) is 33.2 Å². The van der Waals surface area contributed by atoms with Crippen LogP contribution in [0.3, 0.4) is 0 Å². The number of hydrogen-bond acceptors (Lipinski definition) is 2. The van der Waals surface area contributed by atoms with E-state index in [4.69, 9.17) is 4.42 Å². The molecular formula is C45H35NO. The van der Waals surface area contributed by atoms with Crippen LogP contribution in [-0.2, 0) is 5.41 Å². The van der Waals surface area contributed by atoms with Crippen molar-refractivity contribution >= 4 is 49.8 Å². The first-order valence-electron chi connectivity index (χ1n) is 17.7. The fourth-order valence-corrected chi connectivity index (χ4v) is 12.2. The van der Waals surface area contributed by atoms with Gasteiger partial charge in [-0.1, -0.05) is 78.9 Å². The van der Waals surface area contributed by atoms with E-state index >= 15 is 0 Å². The first-order valence-corrected chi connectivity index (χ1v) is 17.7. The third kappa shape index (κ3) is 3.00. The molecule has 2 heteroatoms. The molecule has 0 aliphatic heterocycles. The quantitative estimate of drug-likeness (QED) is 0.199. The highest BCUT2D eigenvalue weighted by Gasteiger charge is 2.76. The van der Waals surface area contributed by atoms with Crippen LogP contribution in [0.1, 0.15) is 43.2 Å². The van der Waals surface area contributed by atoms with Crippen molar-refractivity contribution in [3.8, 4) is 11.1 Å². The van der Waals surface area contributed by atoms with Gasteiger partial charge in [0.2, 0.25) is 0 Å². The Morgan fingerprint density at radius 1 is 0.532 bits per heavy atom. The minimum absolute atomic E-state index is 0.146. The van der Waals surface area contributed by atoms with Crippen molar-refractivity contribution in [3.63, 3.8) is 0 Å². The molecule has 5 aliphatic rings. The van der Waals surface area contributed by atoms with Gasteiger partial charge >= 0.3 is 0 Å². The van der Waals surface area contributed by atoms with E-state index in [0.29, 0.717) is 5.41 Å². The van der Waals surface area contributed by atoms with Crippen molar-refractivity contribution in [2.45, 2.75) is 37.5 Å². The van der Waals surface area contributed by atoms with Gasteiger partial charge in [0.05, 0.1) is 0 Å². The maximum Gasteiger partial charge on any atom is 0.135 e. The average Bonchev–Trinajstić information content (AvgIpc) is 3.73. The van der Waals surface area contributed by atoms with Gasteiger partial charge < -0.3 is 9.32 Å². The fourth-order valence-electron chi connectivity index (χ4n) is 12.2. The molecule has 2 spiro atoms. The molecule has 6 atom stereocenters. The monoisotopic (exact) mass is 605 g/mol. The molecule has 0 N–H and O–H groups in total. The Balaban J connectivity index is 1.10. The van der Waals surface area contributed by atoms with E-state index in [-0.39, 0.29) is 5.41 Å². The molecule has 1 aromatic heterocycles. The zero-order valence-electron chi connectivity index (χ0n) is 26.3. The number of hydrogen-bond donors (Lipinski definition) is 0. The van der Waals surface area contributed by atoms with Crippen LogP contribution in [0.15, 0.2) is 132 Å². The summed E-state index contributed by atoms with van der Waals surface area (Å²) < 4.78 is 6.28. The van der Waals surface area contributed by atoms with E-state index in [1.54, 1.807) is 11.1 Å². The van der Waals surface area contributed by atoms with E-state index in [1.807, 2.05) is 0 Å². The van der Waals surface area contributed by atoms with Crippen molar-refractivity contribution in [1.82, 2.24) is 0 Å². The van der Waals surface area contributed by atoms with Crippen LogP contribution in [0.4, 0.5) is 17.1 Å². The van der Waals surface area contributed by atoms with E-state index in [2.05, 4.69) is 132 Å². The van der Waals surface area contributed by atoms with Gasteiger partial charge in [-0.3, -0.25) is 0 Å². The average molecular weight is 606 g/mol. The van der Waals surface area contributed by atoms with Crippen LogP contribution in [0.25, 0.3) is 43.8 Å². The van der Waals surface area contributed by atoms with Gasteiger partial charge in [0.15, 0.2) is 0 Å². The number of para-hydroxylation sites is 1. The summed E-state index contributed by atoms with van der Waals surface area (Å²) in [4.78, 5) is 2.50. The molecule has 0 saturated heterocycles. The van der Waals surface area contributed by atoms with Gasteiger partial charge in [-0.2, -0.15) is 0 Å². The maximum absolute atomic E-state index is 6.28. The van der Waals surface area contributed by atoms with Gasteiger partial charge in [0.1, 0.15) is 11.2 Å². The number of furan rings is 1. The second-order valence-corrected chi connectivity index (χ2v) is 15.5. The van der Waals surface area contributed by atoms with Crippen molar-refractivity contribution in [3.05, 3.63) is 139 Å². The van der Waals surface area contributed by atoms with Crippen LogP contribution < -0.4 is 4.90 Å². The Kier molecular flexibility index (Phi) is 4.60. The van der Waals surface area contributed by atoms with Gasteiger partial charge in [0.25, 0.3) is 0 Å². The normalized spacial score (nSPS) is 29.0. The summed E-state index contributed by atoms with van der Waals surface area (Å²) in [5, 5.41) is 4.85. The summed E-state index contributed by atoms with van der Waals surface area (Å²) in [5.41, 5.74) is 12.4. The summed E-state index contributed by atoms with van der Waals surface area (Å²) in [7, 11) is 0. The smallest absolute Gasteiger partial charge is 0.135 e. The van der Waals surface area contributed by atoms with Crippen LogP contribution in [0.5, 0.6) is 0 Å².